The SMILES string of the molecule is COC(=O)C1(C(=O)OC)C=C2C(=C(c3ccccc3)C(=O)C2c2ccccc2)C1. The second kappa shape index (κ2) is 7.17. The van der Waals surface area contributed by atoms with E-state index in [2.05, 4.69) is 0 Å². The molecule has 0 radical (unpaired) electrons. The molecule has 0 N–H and O–H groups in total. The number of esters is 2. The third-order valence-electron chi connectivity index (χ3n) is 5.62. The van der Waals surface area contributed by atoms with Crippen molar-refractivity contribution in [3.8, 4) is 0 Å². The number of hydrogen-bond donors (Lipinski definition) is 0. The molecule has 1 atom stereocenters. The van der Waals surface area contributed by atoms with E-state index in [0.717, 1.165) is 11.1 Å². The van der Waals surface area contributed by atoms with Crippen LogP contribution in [0.2, 0.25) is 0 Å². The number of fused-ring (bicyclic) bond motifs is 1. The minimum atomic E-state index is -1.58. The summed E-state index contributed by atoms with van der Waals surface area (Å²) >= 11 is 0. The van der Waals surface area contributed by atoms with Crippen LogP contribution in [-0.2, 0) is 23.9 Å². The summed E-state index contributed by atoms with van der Waals surface area (Å²) in [6.45, 7) is 0. The fraction of sp³-hybridized carbons (Fsp3) is 0.208. The molecule has 5 nitrogen and oxygen atoms in total. The third kappa shape index (κ3) is 2.81. The van der Waals surface area contributed by atoms with Crippen LogP contribution in [0.3, 0.4) is 0 Å². The molecule has 0 bridgehead atoms. The summed E-state index contributed by atoms with van der Waals surface area (Å²) in [6, 6.07) is 18.7. The first-order chi connectivity index (χ1) is 14.0. The summed E-state index contributed by atoms with van der Waals surface area (Å²) < 4.78 is 9.89. The van der Waals surface area contributed by atoms with Crippen LogP contribution in [0, 0.1) is 5.41 Å². The summed E-state index contributed by atoms with van der Waals surface area (Å²) in [5.41, 5.74) is 1.92. The predicted molar refractivity (Wildman–Crippen MR) is 107 cm³/mol. The van der Waals surface area contributed by atoms with Crippen LogP contribution in [0.25, 0.3) is 5.57 Å². The Morgan fingerprint density at radius 1 is 0.897 bits per heavy atom. The van der Waals surface area contributed by atoms with Gasteiger partial charge >= 0.3 is 11.9 Å². The molecule has 2 aliphatic rings. The van der Waals surface area contributed by atoms with E-state index in [4.69, 9.17) is 9.47 Å². The zero-order valence-corrected chi connectivity index (χ0v) is 16.2. The standard InChI is InChI=1S/C24H20O5/c1-28-22(26)24(23(27)29-2)13-17-18(14-24)20(16-11-7-4-8-12-16)21(25)19(17)15-9-5-3-6-10-15/h3-13,19H,14H2,1-2H3. The van der Waals surface area contributed by atoms with E-state index in [1.54, 1.807) is 6.08 Å². The average Bonchev–Trinajstić information content (AvgIpc) is 3.27. The van der Waals surface area contributed by atoms with Gasteiger partial charge < -0.3 is 9.47 Å². The van der Waals surface area contributed by atoms with Gasteiger partial charge in [0.2, 0.25) is 0 Å². The first-order valence-corrected chi connectivity index (χ1v) is 9.31. The molecule has 0 saturated heterocycles. The van der Waals surface area contributed by atoms with Crippen molar-refractivity contribution in [2.75, 3.05) is 14.2 Å². The molecule has 2 aliphatic carbocycles. The lowest BCUT2D eigenvalue weighted by atomic mass is 9.83. The molecule has 1 unspecified atom stereocenters. The van der Waals surface area contributed by atoms with Gasteiger partial charge in [-0.05, 0) is 22.3 Å². The summed E-state index contributed by atoms with van der Waals surface area (Å²) in [7, 11) is 2.48. The van der Waals surface area contributed by atoms with E-state index in [1.165, 1.54) is 14.2 Å². The van der Waals surface area contributed by atoms with Crippen molar-refractivity contribution in [2.24, 2.45) is 5.41 Å². The van der Waals surface area contributed by atoms with Crippen molar-refractivity contribution in [2.45, 2.75) is 12.3 Å². The van der Waals surface area contributed by atoms with Crippen LogP contribution < -0.4 is 0 Å². The molecule has 0 fully saturated rings. The quantitative estimate of drug-likeness (QED) is 0.593. The molecule has 2 aromatic carbocycles. The van der Waals surface area contributed by atoms with Crippen LogP contribution in [-0.4, -0.2) is 31.9 Å². The molecule has 2 aromatic rings. The number of methoxy groups -OCH3 is 2. The van der Waals surface area contributed by atoms with E-state index in [-0.39, 0.29) is 12.2 Å². The van der Waals surface area contributed by atoms with Gasteiger partial charge in [0.25, 0.3) is 0 Å². The van der Waals surface area contributed by atoms with Gasteiger partial charge in [-0.1, -0.05) is 66.7 Å². The number of allylic oxidation sites excluding steroid dienone is 3. The molecule has 0 amide bonds. The molecule has 146 valence electrons. The Balaban J connectivity index is 1.95. The number of carbonyl (C=O) groups is 3. The lowest BCUT2D eigenvalue weighted by Crippen LogP contribution is -2.38. The predicted octanol–water partition coefficient (Wildman–Crippen LogP) is 3.47. The maximum Gasteiger partial charge on any atom is 0.327 e. The summed E-state index contributed by atoms with van der Waals surface area (Å²) in [5, 5.41) is 0. The molecule has 0 aliphatic heterocycles. The minimum Gasteiger partial charge on any atom is -0.468 e. The highest BCUT2D eigenvalue weighted by Gasteiger charge is 2.56. The van der Waals surface area contributed by atoms with Gasteiger partial charge in [0.15, 0.2) is 11.2 Å². The maximum atomic E-state index is 13.5. The van der Waals surface area contributed by atoms with E-state index < -0.39 is 23.3 Å². The van der Waals surface area contributed by atoms with Gasteiger partial charge in [-0.3, -0.25) is 14.4 Å². The minimum absolute atomic E-state index is 0.0352. The van der Waals surface area contributed by atoms with Gasteiger partial charge in [-0.15, -0.1) is 0 Å². The number of rotatable bonds is 4. The van der Waals surface area contributed by atoms with Crippen molar-refractivity contribution >= 4 is 23.3 Å². The van der Waals surface area contributed by atoms with Crippen LogP contribution in [0.5, 0.6) is 0 Å². The van der Waals surface area contributed by atoms with E-state index in [0.29, 0.717) is 16.7 Å². The molecule has 0 aromatic heterocycles. The molecule has 5 heteroatoms. The number of carbonyl (C=O) groups excluding carboxylic acids is 3. The monoisotopic (exact) mass is 388 g/mol. The molecular formula is C24H20O5. The number of ether oxygens (including phenoxy) is 2. The van der Waals surface area contributed by atoms with Gasteiger partial charge in [0.05, 0.1) is 20.1 Å². The van der Waals surface area contributed by atoms with Crippen LogP contribution >= 0.6 is 0 Å². The van der Waals surface area contributed by atoms with Gasteiger partial charge in [0.1, 0.15) is 0 Å². The van der Waals surface area contributed by atoms with E-state index in [9.17, 15) is 14.4 Å². The van der Waals surface area contributed by atoms with Gasteiger partial charge in [0, 0.05) is 12.0 Å². The molecule has 0 heterocycles. The fourth-order valence-electron chi connectivity index (χ4n) is 4.32. The zero-order valence-electron chi connectivity index (χ0n) is 16.2. The molecule has 29 heavy (non-hydrogen) atoms. The Morgan fingerprint density at radius 3 is 2.00 bits per heavy atom. The Bertz CT molecular complexity index is 1030. The van der Waals surface area contributed by atoms with E-state index >= 15 is 0 Å². The lowest BCUT2D eigenvalue weighted by Gasteiger charge is -2.22. The third-order valence-corrected chi connectivity index (χ3v) is 5.62. The summed E-state index contributed by atoms with van der Waals surface area (Å²) in [6.07, 6.45) is 1.62. The summed E-state index contributed by atoms with van der Waals surface area (Å²) in [4.78, 5) is 38.8. The maximum absolute atomic E-state index is 13.5. The Morgan fingerprint density at radius 2 is 1.45 bits per heavy atom. The van der Waals surface area contributed by atoms with Crippen LogP contribution in [0.1, 0.15) is 23.5 Å². The molecule has 0 saturated carbocycles. The first-order valence-electron chi connectivity index (χ1n) is 9.31. The van der Waals surface area contributed by atoms with Gasteiger partial charge in [-0.25, -0.2) is 0 Å². The summed E-state index contributed by atoms with van der Waals surface area (Å²) in [5.74, 6) is -1.99. The molecule has 4 rings (SSSR count). The Labute approximate surface area is 168 Å². The largest absolute Gasteiger partial charge is 0.468 e. The highest BCUT2D eigenvalue weighted by Crippen LogP contribution is 2.55. The topological polar surface area (TPSA) is 69.7 Å². The highest BCUT2D eigenvalue weighted by atomic mass is 16.5. The molecule has 0 spiro atoms. The number of Topliss-reactive ketones (excluding diaryl/α,β-unsaturated/α-hetero) is 1. The first kappa shape index (κ1) is 18.9. The number of hydrogen-bond acceptors (Lipinski definition) is 5. The van der Waals surface area contributed by atoms with Crippen molar-refractivity contribution in [3.05, 3.63) is 89.0 Å². The number of ketones is 1. The Kier molecular flexibility index (Phi) is 4.66. The van der Waals surface area contributed by atoms with Crippen LogP contribution in [0.15, 0.2) is 77.9 Å². The number of benzene rings is 2. The van der Waals surface area contributed by atoms with Crippen molar-refractivity contribution in [1.29, 1.82) is 0 Å². The van der Waals surface area contributed by atoms with Crippen molar-refractivity contribution < 1.29 is 23.9 Å². The van der Waals surface area contributed by atoms with Crippen molar-refractivity contribution in [3.63, 3.8) is 0 Å². The highest BCUT2D eigenvalue weighted by molar-refractivity contribution is 6.30. The average molecular weight is 388 g/mol. The second-order valence-corrected chi connectivity index (χ2v) is 7.16. The Hall–Kier alpha value is -3.47. The second-order valence-electron chi connectivity index (χ2n) is 7.16. The zero-order chi connectivity index (χ0) is 20.6. The fourth-order valence-corrected chi connectivity index (χ4v) is 4.32. The normalized spacial score (nSPS) is 19.6. The molecular weight excluding hydrogens is 368 g/mol. The lowest BCUT2D eigenvalue weighted by molar-refractivity contribution is -0.164. The van der Waals surface area contributed by atoms with Crippen molar-refractivity contribution in [1.82, 2.24) is 0 Å². The smallest absolute Gasteiger partial charge is 0.327 e. The van der Waals surface area contributed by atoms with E-state index in [1.807, 2.05) is 60.7 Å². The van der Waals surface area contributed by atoms with Gasteiger partial charge in [-0.2, -0.15) is 0 Å². The van der Waals surface area contributed by atoms with Crippen LogP contribution in [0.4, 0.5) is 0 Å².